The molecule has 1 fully saturated rings. The molecular weight excluding hydrogens is 947 g/mol. The van der Waals surface area contributed by atoms with Crippen molar-refractivity contribution in [2.45, 2.75) is 281 Å². The molecule has 434 valence electrons. The van der Waals surface area contributed by atoms with Crippen LogP contribution in [-0.2, 0) is 14.3 Å². The molecule has 6 N–H and O–H groups in total. The normalized spacial score (nSPS) is 19.7. The molecule has 0 spiro atoms. The SMILES string of the molecule is CC/C=C\C/C=C\C/C=C\C/C=C\C/C=C\C/C=C\C/C=C\CCCCCCCCCCCCCCCCCCCCCC(=O)NC(COC1OC(CO)C(O)C(O)C1O)C(O)/C=C/CC/C=C/CC/C=C/CCCC. The van der Waals surface area contributed by atoms with Crippen molar-refractivity contribution in [1.29, 1.82) is 0 Å². The van der Waals surface area contributed by atoms with Gasteiger partial charge < -0.3 is 40.3 Å². The van der Waals surface area contributed by atoms with Gasteiger partial charge in [0.15, 0.2) is 6.29 Å². The fourth-order valence-electron chi connectivity index (χ4n) is 8.92. The summed E-state index contributed by atoms with van der Waals surface area (Å²) in [7, 11) is 0. The van der Waals surface area contributed by atoms with E-state index in [1.54, 1.807) is 6.08 Å². The molecule has 1 aliphatic heterocycles. The maximum Gasteiger partial charge on any atom is 0.220 e. The molecule has 1 amide bonds. The molecule has 1 aliphatic rings. The summed E-state index contributed by atoms with van der Waals surface area (Å²) >= 11 is 0. The molecule has 9 nitrogen and oxygen atoms in total. The molecule has 0 aromatic heterocycles. The summed E-state index contributed by atoms with van der Waals surface area (Å²) in [6.45, 7) is 3.58. The minimum Gasteiger partial charge on any atom is -0.394 e. The van der Waals surface area contributed by atoms with Crippen molar-refractivity contribution < 1.29 is 39.8 Å². The van der Waals surface area contributed by atoms with E-state index in [4.69, 9.17) is 9.47 Å². The summed E-state index contributed by atoms with van der Waals surface area (Å²) < 4.78 is 11.2. The molecule has 1 rings (SSSR count). The highest BCUT2D eigenvalue weighted by Gasteiger charge is 2.44. The first-order chi connectivity index (χ1) is 37.3. The van der Waals surface area contributed by atoms with E-state index < -0.39 is 49.5 Å². The molecule has 76 heavy (non-hydrogen) atoms. The largest absolute Gasteiger partial charge is 0.394 e. The predicted molar refractivity (Wildman–Crippen MR) is 322 cm³/mol. The second kappa shape index (κ2) is 54.9. The maximum absolute atomic E-state index is 13.0. The Kier molecular flexibility index (Phi) is 51.0. The highest BCUT2D eigenvalue weighted by molar-refractivity contribution is 5.76. The highest BCUT2D eigenvalue weighted by Crippen LogP contribution is 2.23. The minimum atomic E-state index is -1.58. The molecular formula is C67H113NO8. The van der Waals surface area contributed by atoms with Crippen molar-refractivity contribution in [3.05, 3.63) is 122 Å². The van der Waals surface area contributed by atoms with Gasteiger partial charge in [-0.15, -0.1) is 0 Å². The van der Waals surface area contributed by atoms with E-state index in [2.05, 4.69) is 129 Å². The Morgan fingerprint density at radius 3 is 1.26 bits per heavy atom. The number of aliphatic hydroxyl groups is 5. The topological polar surface area (TPSA) is 149 Å². The monoisotopic (exact) mass is 1060 g/mol. The Labute approximate surface area is 465 Å². The van der Waals surface area contributed by atoms with Gasteiger partial charge in [-0.2, -0.15) is 0 Å². The molecule has 0 bridgehead atoms. The highest BCUT2D eigenvalue weighted by atomic mass is 16.7. The lowest BCUT2D eigenvalue weighted by Crippen LogP contribution is -2.60. The van der Waals surface area contributed by atoms with Crippen molar-refractivity contribution in [2.24, 2.45) is 0 Å². The first kappa shape index (κ1) is 70.6. The third-order valence-corrected chi connectivity index (χ3v) is 13.7. The number of unbranched alkanes of at least 4 members (excludes halogenated alkanes) is 23. The summed E-state index contributed by atoms with van der Waals surface area (Å²) in [6.07, 6.45) is 75.9. The van der Waals surface area contributed by atoms with Gasteiger partial charge in [0, 0.05) is 6.42 Å². The number of ether oxygens (including phenoxy) is 2. The van der Waals surface area contributed by atoms with Gasteiger partial charge in [-0.05, 0) is 96.3 Å². The first-order valence-corrected chi connectivity index (χ1v) is 30.8. The molecule has 7 unspecified atom stereocenters. The third kappa shape index (κ3) is 43.6. The van der Waals surface area contributed by atoms with Gasteiger partial charge in [0.1, 0.15) is 24.4 Å². The van der Waals surface area contributed by atoms with Crippen molar-refractivity contribution in [1.82, 2.24) is 5.32 Å². The van der Waals surface area contributed by atoms with Crippen LogP contribution in [0.15, 0.2) is 122 Å². The molecule has 0 aromatic carbocycles. The van der Waals surface area contributed by atoms with Crippen LogP contribution in [0, 0.1) is 0 Å². The van der Waals surface area contributed by atoms with E-state index in [1.165, 1.54) is 122 Å². The van der Waals surface area contributed by atoms with Crippen molar-refractivity contribution in [3.63, 3.8) is 0 Å². The quantitative estimate of drug-likeness (QED) is 0.0261. The Morgan fingerprint density at radius 1 is 0.461 bits per heavy atom. The minimum absolute atomic E-state index is 0.194. The summed E-state index contributed by atoms with van der Waals surface area (Å²) in [5, 5.41) is 54.3. The standard InChI is InChI=1S/C67H113NO8/c1-3-5-7-9-11-13-15-17-18-19-20-21-22-23-24-25-26-27-28-29-30-31-32-33-34-35-36-37-38-39-40-41-42-43-44-45-47-49-51-53-55-57-63(71)68-60(59-75-67-66(74)65(73)64(72)62(58-69)76-67)61(70)56-54-52-50-48-46-16-14-12-10-8-6-4-2/h5,7,10-13,17-18,20-21,23-24,26-27,29-30,46,48,54,56,60-62,64-67,69-70,72-74H,3-4,6,8-9,14-16,19,22,25,28,31-45,47,49-53,55,57-59H2,1-2H3,(H,68,71)/b7-5-,12-10+,13-11-,18-17-,21-20-,24-23-,27-26-,30-29-,48-46+,56-54+. The molecule has 1 saturated heterocycles. The Hall–Kier alpha value is -3.41. The molecule has 0 aromatic rings. The van der Waals surface area contributed by atoms with Crippen LogP contribution in [0.2, 0.25) is 0 Å². The number of hydrogen-bond donors (Lipinski definition) is 6. The number of rotatable bonds is 51. The van der Waals surface area contributed by atoms with Crippen LogP contribution in [0.5, 0.6) is 0 Å². The van der Waals surface area contributed by atoms with Crippen LogP contribution in [-0.4, -0.2) is 87.5 Å². The lowest BCUT2D eigenvalue weighted by Gasteiger charge is -2.40. The number of amides is 1. The molecule has 0 saturated carbocycles. The van der Waals surface area contributed by atoms with Crippen molar-refractivity contribution in [2.75, 3.05) is 13.2 Å². The van der Waals surface area contributed by atoms with Crippen LogP contribution in [0.4, 0.5) is 0 Å². The zero-order valence-electron chi connectivity index (χ0n) is 48.2. The summed E-state index contributed by atoms with van der Waals surface area (Å²) in [5.41, 5.74) is 0. The van der Waals surface area contributed by atoms with Gasteiger partial charge in [0.25, 0.3) is 0 Å². The molecule has 0 aliphatic carbocycles. The lowest BCUT2D eigenvalue weighted by atomic mass is 9.99. The van der Waals surface area contributed by atoms with Gasteiger partial charge in [-0.1, -0.05) is 257 Å². The number of carbonyl (C=O) groups is 1. The Bertz CT molecular complexity index is 1610. The zero-order valence-corrected chi connectivity index (χ0v) is 48.2. The number of carbonyl (C=O) groups excluding carboxylic acids is 1. The van der Waals surface area contributed by atoms with E-state index in [9.17, 15) is 30.3 Å². The predicted octanol–water partition coefficient (Wildman–Crippen LogP) is 15.9. The van der Waals surface area contributed by atoms with E-state index in [0.717, 1.165) is 96.3 Å². The Balaban J connectivity index is 2.06. The molecule has 0 radical (unpaired) electrons. The van der Waals surface area contributed by atoms with Gasteiger partial charge >= 0.3 is 0 Å². The second-order valence-corrected chi connectivity index (χ2v) is 20.7. The van der Waals surface area contributed by atoms with Crippen LogP contribution in [0.25, 0.3) is 0 Å². The van der Waals surface area contributed by atoms with Crippen LogP contribution < -0.4 is 5.32 Å². The number of hydrogen-bond acceptors (Lipinski definition) is 8. The van der Waals surface area contributed by atoms with Gasteiger partial charge in [-0.3, -0.25) is 4.79 Å². The summed E-state index contributed by atoms with van der Waals surface area (Å²) in [4.78, 5) is 13.0. The fourth-order valence-corrected chi connectivity index (χ4v) is 8.92. The van der Waals surface area contributed by atoms with Gasteiger partial charge in [-0.25, -0.2) is 0 Å². The maximum atomic E-state index is 13.0. The third-order valence-electron chi connectivity index (χ3n) is 13.7. The summed E-state index contributed by atoms with van der Waals surface area (Å²) in [5.74, 6) is -0.194. The van der Waals surface area contributed by atoms with E-state index in [0.29, 0.717) is 6.42 Å². The summed E-state index contributed by atoms with van der Waals surface area (Å²) in [6, 6.07) is -0.832. The van der Waals surface area contributed by atoms with E-state index in [-0.39, 0.29) is 12.5 Å². The Morgan fingerprint density at radius 2 is 0.829 bits per heavy atom. The van der Waals surface area contributed by atoms with Crippen molar-refractivity contribution in [3.8, 4) is 0 Å². The van der Waals surface area contributed by atoms with Crippen LogP contribution >= 0.6 is 0 Å². The number of allylic oxidation sites excluding steroid dienone is 19. The smallest absolute Gasteiger partial charge is 0.220 e. The van der Waals surface area contributed by atoms with Gasteiger partial charge in [0.05, 0.1) is 25.4 Å². The van der Waals surface area contributed by atoms with Crippen LogP contribution in [0.3, 0.4) is 0 Å². The fraction of sp³-hybridized carbons (Fsp3) is 0.687. The average molecular weight is 1060 g/mol. The number of nitrogens with one attached hydrogen (secondary N) is 1. The molecule has 9 heteroatoms. The molecule has 7 atom stereocenters. The average Bonchev–Trinajstić information content (AvgIpc) is 3.42. The van der Waals surface area contributed by atoms with Crippen LogP contribution in [0.1, 0.15) is 239 Å². The lowest BCUT2D eigenvalue weighted by molar-refractivity contribution is -0.302. The van der Waals surface area contributed by atoms with E-state index >= 15 is 0 Å². The van der Waals surface area contributed by atoms with E-state index in [1.807, 2.05) is 6.08 Å². The second-order valence-electron chi connectivity index (χ2n) is 20.7. The molecule has 1 heterocycles. The number of aliphatic hydroxyl groups excluding tert-OH is 5. The zero-order chi connectivity index (χ0) is 55.0. The van der Waals surface area contributed by atoms with Crippen molar-refractivity contribution >= 4 is 5.91 Å². The first-order valence-electron chi connectivity index (χ1n) is 30.8. The van der Waals surface area contributed by atoms with Gasteiger partial charge in [0.2, 0.25) is 5.91 Å².